The van der Waals surface area contributed by atoms with E-state index >= 15 is 0 Å². The highest BCUT2D eigenvalue weighted by Crippen LogP contribution is 2.16. The van der Waals surface area contributed by atoms with Gasteiger partial charge in [0.05, 0.1) is 12.6 Å². The molecule has 0 aromatic heterocycles. The van der Waals surface area contributed by atoms with Gasteiger partial charge in [-0.25, -0.2) is 4.39 Å². The number of benzene rings is 2. The summed E-state index contributed by atoms with van der Waals surface area (Å²) in [6.45, 7) is 2.36. The van der Waals surface area contributed by atoms with Crippen molar-refractivity contribution in [2.75, 3.05) is 6.61 Å². The van der Waals surface area contributed by atoms with E-state index in [-0.39, 0.29) is 17.8 Å². The highest BCUT2D eigenvalue weighted by Gasteiger charge is 2.09. The van der Waals surface area contributed by atoms with Gasteiger partial charge >= 0.3 is 0 Å². The van der Waals surface area contributed by atoms with Gasteiger partial charge in [0.1, 0.15) is 11.6 Å². The molecule has 122 valence electrons. The first-order valence-corrected chi connectivity index (χ1v) is 8.27. The normalized spacial score (nSPS) is 11.8. The van der Waals surface area contributed by atoms with Crippen LogP contribution in [-0.2, 0) is 4.79 Å². The zero-order valence-electron chi connectivity index (χ0n) is 12.9. The van der Waals surface area contributed by atoms with Gasteiger partial charge in [-0.1, -0.05) is 28.1 Å². The van der Waals surface area contributed by atoms with Crippen LogP contribution in [0.1, 0.15) is 31.4 Å². The van der Waals surface area contributed by atoms with Crippen LogP contribution in [0.5, 0.6) is 5.75 Å². The number of nitrogens with one attached hydrogen (secondary N) is 1. The Balaban J connectivity index is 1.68. The number of halogens is 2. The number of amides is 1. The van der Waals surface area contributed by atoms with Gasteiger partial charge in [0.15, 0.2) is 0 Å². The number of ether oxygens (including phenoxy) is 1. The van der Waals surface area contributed by atoms with Crippen LogP contribution in [0.4, 0.5) is 4.39 Å². The van der Waals surface area contributed by atoms with Crippen molar-refractivity contribution < 1.29 is 13.9 Å². The Labute approximate surface area is 144 Å². The predicted octanol–water partition coefficient (Wildman–Crippen LogP) is 4.62. The molecule has 5 heteroatoms. The molecule has 0 aliphatic rings. The van der Waals surface area contributed by atoms with Gasteiger partial charge in [-0.15, -0.1) is 0 Å². The maximum atomic E-state index is 12.9. The summed E-state index contributed by atoms with van der Waals surface area (Å²) in [4.78, 5) is 11.9. The molecule has 0 aliphatic heterocycles. The Morgan fingerprint density at radius 3 is 2.48 bits per heavy atom. The van der Waals surface area contributed by atoms with E-state index in [2.05, 4.69) is 21.2 Å². The van der Waals surface area contributed by atoms with Crippen LogP contribution in [0.15, 0.2) is 53.0 Å². The van der Waals surface area contributed by atoms with Crippen molar-refractivity contribution in [3.05, 3.63) is 64.4 Å². The molecule has 0 unspecified atom stereocenters. The van der Waals surface area contributed by atoms with Crippen LogP contribution in [0.25, 0.3) is 0 Å². The second-order valence-corrected chi connectivity index (χ2v) is 6.16. The standard InChI is InChI=1S/C18H19BrFNO2/c1-13(14-4-8-16(20)9-5-14)21-18(22)3-2-12-23-17-10-6-15(19)7-11-17/h4-11,13H,2-3,12H2,1H3,(H,21,22)/t13-/m1/s1. The van der Waals surface area contributed by atoms with E-state index in [9.17, 15) is 9.18 Å². The largest absolute Gasteiger partial charge is 0.494 e. The van der Waals surface area contributed by atoms with Crippen LogP contribution in [0.2, 0.25) is 0 Å². The quantitative estimate of drug-likeness (QED) is 0.712. The summed E-state index contributed by atoms with van der Waals surface area (Å²) in [6, 6.07) is 13.6. The first-order valence-electron chi connectivity index (χ1n) is 7.48. The molecule has 1 amide bonds. The van der Waals surface area contributed by atoms with Crippen LogP contribution >= 0.6 is 15.9 Å². The van der Waals surface area contributed by atoms with Crippen molar-refractivity contribution in [1.29, 1.82) is 0 Å². The summed E-state index contributed by atoms with van der Waals surface area (Å²) in [7, 11) is 0. The van der Waals surface area contributed by atoms with Gasteiger partial charge in [0, 0.05) is 10.9 Å². The fraction of sp³-hybridized carbons (Fsp3) is 0.278. The second kappa shape index (κ2) is 8.67. The minimum atomic E-state index is -0.280. The lowest BCUT2D eigenvalue weighted by Crippen LogP contribution is -2.26. The number of carbonyl (C=O) groups excluding carboxylic acids is 1. The zero-order chi connectivity index (χ0) is 16.7. The maximum absolute atomic E-state index is 12.9. The molecular formula is C18H19BrFNO2. The van der Waals surface area contributed by atoms with Crippen molar-refractivity contribution >= 4 is 21.8 Å². The fourth-order valence-electron chi connectivity index (χ4n) is 2.10. The molecule has 0 saturated heterocycles. The van der Waals surface area contributed by atoms with Crippen molar-refractivity contribution in [3.63, 3.8) is 0 Å². The summed E-state index contributed by atoms with van der Waals surface area (Å²) in [5.41, 5.74) is 0.880. The van der Waals surface area contributed by atoms with Crippen molar-refractivity contribution in [1.82, 2.24) is 5.32 Å². The van der Waals surface area contributed by atoms with Crippen molar-refractivity contribution in [2.24, 2.45) is 0 Å². The Kier molecular flexibility index (Phi) is 6.59. The Morgan fingerprint density at radius 2 is 1.83 bits per heavy atom. The maximum Gasteiger partial charge on any atom is 0.220 e. The monoisotopic (exact) mass is 379 g/mol. The lowest BCUT2D eigenvalue weighted by atomic mass is 10.1. The molecule has 1 atom stereocenters. The van der Waals surface area contributed by atoms with E-state index in [4.69, 9.17) is 4.74 Å². The molecule has 0 fully saturated rings. The highest BCUT2D eigenvalue weighted by atomic mass is 79.9. The molecule has 2 aromatic rings. The Bertz CT molecular complexity index is 628. The topological polar surface area (TPSA) is 38.3 Å². The SMILES string of the molecule is C[C@@H](NC(=O)CCCOc1ccc(Br)cc1)c1ccc(F)cc1. The summed E-state index contributed by atoms with van der Waals surface area (Å²) >= 11 is 3.36. The molecule has 3 nitrogen and oxygen atoms in total. The molecule has 23 heavy (non-hydrogen) atoms. The molecule has 0 heterocycles. The number of hydrogen-bond donors (Lipinski definition) is 1. The first-order chi connectivity index (χ1) is 11.0. The predicted molar refractivity (Wildman–Crippen MR) is 91.8 cm³/mol. The van der Waals surface area contributed by atoms with Crippen LogP contribution in [0, 0.1) is 5.82 Å². The summed E-state index contributed by atoms with van der Waals surface area (Å²) < 4.78 is 19.4. The molecule has 0 aliphatic carbocycles. The molecule has 1 N–H and O–H groups in total. The summed E-state index contributed by atoms with van der Waals surface area (Å²) in [6.07, 6.45) is 1.03. The van der Waals surface area contributed by atoms with E-state index in [0.29, 0.717) is 19.4 Å². The lowest BCUT2D eigenvalue weighted by Gasteiger charge is -2.14. The van der Waals surface area contributed by atoms with Crippen LogP contribution in [0.3, 0.4) is 0 Å². The average Bonchev–Trinajstić information content (AvgIpc) is 2.54. The molecular weight excluding hydrogens is 361 g/mol. The van der Waals surface area contributed by atoms with E-state index in [0.717, 1.165) is 15.8 Å². The van der Waals surface area contributed by atoms with Gasteiger partial charge < -0.3 is 10.1 Å². The van der Waals surface area contributed by atoms with Gasteiger partial charge in [-0.05, 0) is 55.3 Å². The van der Waals surface area contributed by atoms with E-state index < -0.39 is 0 Å². The van der Waals surface area contributed by atoms with Crippen LogP contribution in [-0.4, -0.2) is 12.5 Å². The van der Waals surface area contributed by atoms with Crippen molar-refractivity contribution in [2.45, 2.75) is 25.8 Å². The Hall–Kier alpha value is -1.88. The molecule has 2 aromatic carbocycles. The summed E-state index contributed by atoms with van der Waals surface area (Å²) in [5.74, 6) is 0.465. The molecule has 2 rings (SSSR count). The number of hydrogen-bond acceptors (Lipinski definition) is 2. The fourth-order valence-corrected chi connectivity index (χ4v) is 2.37. The molecule has 0 saturated carbocycles. The summed E-state index contributed by atoms with van der Waals surface area (Å²) in [5, 5.41) is 2.90. The van der Waals surface area contributed by atoms with Gasteiger partial charge in [-0.2, -0.15) is 0 Å². The lowest BCUT2D eigenvalue weighted by molar-refractivity contribution is -0.121. The third-order valence-electron chi connectivity index (χ3n) is 3.38. The average molecular weight is 380 g/mol. The van der Waals surface area contributed by atoms with E-state index in [1.165, 1.54) is 12.1 Å². The van der Waals surface area contributed by atoms with Crippen molar-refractivity contribution in [3.8, 4) is 5.75 Å². The first kappa shape index (κ1) is 17.5. The third kappa shape index (κ3) is 6.02. The smallest absolute Gasteiger partial charge is 0.220 e. The minimum absolute atomic E-state index is 0.0405. The second-order valence-electron chi connectivity index (χ2n) is 5.25. The zero-order valence-corrected chi connectivity index (χ0v) is 14.5. The van der Waals surface area contributed by atoms with E-state index in [1.54, 1.807) is 12.1 Å². The van der Waals surface area contributed by atoms with Gasteiger partial charge in [0.25, 0.3) is 0 Å². The molecule has 0 bridgehead atoms. The number of carbonyl (C=O) groups is 1. The minimum Gasteiger partial charge on any atom is -0.494 e. The number of rotatable bonds is 7. The Morgan fingerprint density at radius 1 is 1.17 bits per heavy atom. The van der Waals surface area contributed by atoms with Gasteiger partial charge in [0.2, 0.25) is 5.91 Å². The molecule has 0 radical (unpaired) electrons. The molecule has 0 spiro atoms. The van der Waals surface area contributed by atoms with Gasteiger partial charge in [-0.3, -0.25) is 4.79 Å². The third-order valence-corrected chi connectivity index (χ3v) is 3.91. The van der Waals surface area contributed by atoms with E-state index in [1.807, 2.05) is 31.2 Å². The highest BCUT2D eigenvalue weighted by molar-refractivity contribution is 9.10. The van der Waals surface area contributed by atoms with Crippen LogP contribution < -0.4 is 10.1 Å².